The Morgan fingerprint density at radius 1 is 0.857 bits per heavy atom. The number of hydrogen-bond acceptors (Lipinski definition) is 2. The average Bonchev–Trinajstić information content (AvgIpc) is 2.73. The van der Waals surface area contributed by atoms with Gasteiger partial charge in [-0.25, -0.2) is 0 Å². The van der Waals surface area contributed by atoms with Gasteiger partial charge in [0.2, 0.25) is 0 Å². The van der Waals surface area contributed by atoms with Crippen LogP contribution in [0.1, 0.15) is 31.8 Å². The lowest BCUT2D eigenvalue weighted by Crippen LogP contribution is -2.36. The summed E-state index contributed by atoms with van der Waals surface area (Å²) in [4.78, 5) is 27.1. The van der Waals surface area contributed by atoms with Crippen LogP contribution >= 0.6 is 15.9 Å². The number of amides is 2. The second-order valence-electron chi connectivity index (χ2n) is 6.79. The van der Waals surface area contributed by atoms with Gasteiger partial charge in [0.25, 0.3) is 11.8 Å². The molecule has 3 aromatic carbocycles. The molecule has 5 heteroatoms. The van der Waals surface area contributed by atoms with E-state index in [-0.39, 0.29) is 11.8 Å². The van der Waals surface area contributed by atoms with Crippen LogP contribution < -0.4 is 5.32 Å². The highest BCUT2D eigenvalue weighted by Crippen LogP contribution is 2.24. The van der Waals surface area contributed by atoms with E-state index in [1.165, 1.54) is 5.56 Å². The van der Waals surface area contributed by atoms with Crippen molar-refractivity contribution in [1.82, 2.24) is 4.90 Å². The molecule has 1 aliphatic rings. The molecule has 2 amide bonds. The smallest absolute Gasteiger partial charge is 0.255 e. The summed E-state index contributed by atoms with van der Waals surface area (Å²) in [5.74, 6) is -0.121. The van der Waals surface area contributed by atoms with Gasteiger partial charge < -0.3 is 10.2 Å². The molecule has 0 fully saturated rings. The van der Waals surface area contributed by atoms with Crippen LogP contribution in [-0.4, -0.2) is 23.3 Å². The topological polar surface area (TPSA) is 49.4 Å². The van der Waals surface area contributed by atoms with E-state index in [9.17, 15) is 9.59 Å². The first-order valence-corrected chi connectivity index (χ1v) is 9.92. The van der Waals surface area contributed by atoms with Gasteiger partial charge in [-0.3, -0.25) is 9.59 Å². The third-order valence-corrected chi connectivity index (χ3v) is 5.36. The second kappa shape index (κ2) is 7.98. The van der Waals surface area contributed by atoms with Crippen molar-refractivity contribution in [2.75, 3.05) is 11.9 Å². The quantitative estimate of drug-likeness (QED) is 0.636. The van der Waals surface area contributed by atoms with E-state index in [1.54, 1.807) is 12.1 Å². The molecule has 0 atom stereocenters. The highest BCUT2D eigenvalue weighted by molar-refractivity contribution is 9.10. The summed E-state index contributed by atoms with van der Waals surface area (Å²) in [5, 5.41) is 2.95. The lowest BCUT2D eigenvalue weighted by atomic mass is 9.98. The molecule has 140 valence electrons. The average molecular weight is 435 g/mol. The van der Waals surface area contributed by atoms with Gasteiger partial charge in [-0.1, -0.05) is 46.3 Å². The Kier molecular flexibility index (Phi) is 5.26. The molecule has 0 aromatic heterocycles. The van der Waals surface area contributed by atoms with E-state index in [0.29, 0.717) is 24.2 Å². The monoisotopic (exact) mass is 434 g/mol. The maximum atomic E-state index is 12.7. The summed E-state index contributed by atoms with van der Waals surface area (Å²) in [7, 11) is 0. The molecule has 0 aliphatic carbocycles. The predicted octanol–water partition coefficient (Wildman–Crippen LogP) is 4.90. The maximum Gasteiger partial charge on any atom is 0.255 e. The summed E-state index contributed by atoms with van der Waals surface area (Å²) in [6.07, 6.45) is 0.813. The van der Waals surface area contributed by atoms with E-state index in [4.69, 9.17) is 0 Å². The fraction of sp³-hybridized carbons (Fsp3) is 0.130. The molecule has 0 spiro atoms. The van der Waals surface area contributed by atoms with Gasteiger partial charge >= 0.3 is 0 Å². The molecule has 0 saturated heterocycles. The van der Waals surface area contributed by atoms with Crippen molar-refractivity contribution in [2.45, 2.75) is 13.0 Å². The molecule has 0 saturated carbocycles. The van der Waals surface area contributed by atoms with Gasteiger partial charge in [0.15, 0.2) is 0 Å². The van der Waals surface area contributed by atoms with Crippen molar-refractivity contribution < 1.29 is 9.59 Å². The van der Waals surface area contributed by atoms with Crippen molar-refractivity contribution in [3.05, 3.63) is 99.5 Å². The molecule has 0 unspecified atom stereocenters. The first kappa shape index (κ1) is 18.4. The van der Waals surface area contributed by atoms with Crippen LogP contribution in [0, 0.1) is 0 Å². The summed E-state index contributed by atoms with van der Waals surface area (Å²) in [6, 6.07) is 22.5. The molecular weight excluding hydrogens is 416 g/mol. The fourth-order valence-electron chi connectivity index (χ4n) is 3.40. The Morgan fingerprint density at radius 2 is 1.64 bits per heavy atom. The largest absolute Gasteiger partial charge is 0.334 e. The maximum absolute atomic E-state index is 12.7. The van der Waals surface area contributed by atoms with Crippen LogP contribution in [0.5, 0.6) is 0 Å². The molecule has 4 rings (SSSR count). The Bertz CT molecular complexity index is 1030. The minimum atomic E-state index is -0.158. The number of fused-ring (bicyclic) bond motifs is 1. The van der Waals surface area contributed by atoms with Crippen LogP contribution in [0.4, 0.5) is 5.69 Å². The zero-order valence-electron chi connectivity index (χ0n) is 15.2. The van der Waals surface area contributed by atoms with Crippen molar-refractivity contribution >= 4 is 33.4 Å². The van der Waals surface area contributed by atoms with Crippen molar-refractivity contribution in [2.24, 2.45) is 0 Å². The normalized spacial score (nSPS) is 13.0. The highest BCUT2D eigenvalue weighted by Gasteiger charge is 2.22. The van der Waals surface area contributed by atoms with E-state index in [2.05, 4.69) is 21.2 Å². The zero-order valence-corrected chi connectivity index (χ0v) is 16.8. The lowest BCUT2D eigenvalue weighted by molar-refractivity contribution is 0.0734. The van der Waals surface area contributed by atoms with Crippen LogP contribution in [-0.2, 0) is 13.0 Å². The number of nitrogens with one attached hydrogen (secondary N) is 1. The number of carbonyl (C=O) groups excluding carboxylic acids is 2. The van der Waals surface area contributed by atoms with E-state index < -0.39 is 0 Å². The van der Waals surface area contributed by atoms with Crippen LogP contribution in [0.2, 0.25) is 0 Å². The zero-order chi connectivity index (χ0) is 19.5. The number of halogens is 1. The summed E-state index contributed by atoms with van der Waals surface area (Å²) in [6.45, 7) is 1.24. The van der Waals surface area contributed by atoms with Gasteiger partial charge in [-0.15, -0.1) is 0 Å². The Balaban J connectivity index is 1.51. The van der Waals surface area contributed by atoms with Gasteiger partial charge in [0, 0.05) is 34.4 Å². The van der Waals surface area contributed by atoms with Gasteiger partial charge in [0.05, 0.1) is 0 Å². The molecule has 0 radical (unpaired) electrons. The van der Waals surface area contributed by atoms with E-state index in [0.717, 1.165) is 22.1 Å². The molecule has 1 heterocycles. The molecule has 0 bridgehead atoms. The molecule has 4 nitrogen and oxygen atoms in total. The summed E-state index contributed by atoms with van der Waals surface area (Å²) in [5.41, 5.74) is 4.32. The lowest BCUT2D eigenvalue weighted by Gasteiger charge is -2.29. The Labute approximate surface area is 172 Å². The summed E-state index contributed by atoms with van der Waals surface area (Å²) >= 11 is 3.39. The molecule has 28 heavy (non-hydrogen) atoms. The third kappa shape index (κ3) is 3.99. The Morgan fingerprint density at radius 3 is 2.43 bits per heavy atom. The Hall–Kier alpha value is -2.92. The highest BCUT2D eigenvalue weighted by atomic mass is 79.9. The third-order valence-electron chi connectivity index (χ3n) is 4.87. The second-order valence-corrected chi connectivity index (χ2v) is 7.71. The molecule has 1 aliphatic heterocycles. The number of hydrogen-bond donors (Lipinski definition) is 1. The number of nitrogens with zero attached hydrogens (tertiary/aromatic N) is 1. The molecule has 3 aromatic rings. The number of carbonyl (C=O) groups is 2. The fourth-order valence-corrected chi connectivity index (χ4v) is 3.80. The van der Waals surface area contributed by atoms with Gasteiger partial charge in [-0.05, 0) is 60.0 Å². The first-order chi connectivity index (χ1) is 13.6. The molecule has 1 N–H and O–H groups in total. The van der Waals surface area contributed by atoms with Crippen molar-refractivity contribution in [3.63, 3.8) is 0 Å². The van der Waals surface area contributed by atoms with Crippen molar-refractivity contribution in [3.8, 4) is 0 Å². The number of anilines is 1. The van der Waals surface area contributed by atoms with E-state index in [1.807, 2.05) is 65.6 Å². The predicted molar refractivity (Wildman–Crippen MR) is 113 cm³/mol. The summed E-state index contributed by atoms with van der Waals surface area (Å²) < 4.78 is 0.862. The first-order valence-electron chi connectivity index (χ1n) is 9.13. The van der Waals surface area contributed by atoms with Crippen LogP contribution in [0.15, 0.2) is 77.3 Å². The van der Waals surface area contributed by atoms with Crippen molar-refractivity contribution in [1.29, 1.82) is 0 Å². The minimum Gasteiger partial charge on any atom is -0.334 e. The van der Waals surface area contributed by atoms with Crippen LogP contribution in [0.3, 0.4) is 0 Å². The van der Waals surface area contributed by atoms with E-state index >= 15 is 0 Å². The van der Waals surface area contributed by atoms with Gasteiger partial charge in [-0.2, -0.15) is 0 Å². The molecular formula is C23H19BrN2O2. The van der Waals surface area contributed by atoms with Crippen LogP contribution in [0.25, 0.3) is 0 Å². The SMILES string of the molecule is O=C(Nc1ccc2c(c1)CN(C(=O)c1ccccc1)CC2)c1cccc(Br)c1. The minimum absolute atomic E-state index is 0.0369. The number of rotatable bonds is 3. The standard InChI is InChI=1S/C23H19BrN2O2/c24-20-8-4-7-18(13-20)22(27)25-21-10-9-16-11-12-26(15-19(16)14-21)23(28)17-5-2-1-3-6-17/h1-10,13-14H,11-12,15H2,(H,25,27). The van der Waals surface area contributed by atoms with Gasteiger partial charge in [0.1, 0.15) is 0 Å². The number of benzene rings is 3.